The van der Waals surface area contributed by atoms with Crippen LogP contribution in [0.25, 0.3) is 21.9 Å². The smallest absolute Gasteiger partial charge is 0.234 e. The van der Waals surface area contributed by atoms with Gasteiger partial charge in [0.15, 0.2) is 0 Å². The van der Waals surface area contributed by atoms with Crippen LogP contribution in [-0.2, 0) is 9.59 Å². The van der Waals surface area contributed by atoms with Crippen LogP contribution in [0.5, 0.6) is 0 Å². The van der Waals surface area contributed by atoms with Crippen molar-refractivity contribution in [2.24, 2.45) is 0 Å². The lowest BCUT2D eigenvalue weighted by molar-refractivity contribution is -0.134. The summed E-state index contributed by atoms with van der Waals surface area (Å²) < 4.78 is 5.58. The van der Waals surface area contributed by atoms with Gasteiger partial charge in [0.05, 0.1) is 12.2 Å². The number of carbonyl (C=O) groups is 2. The average Bonchev–Trinajstić information content (AvgIpc) is 3.03. The van der Waals surface area contributed by atoms with E-state index in [9.17, 15) is 9.59 Å². The van der Waals surface area contributed by atoms with Gasteiger partial charge in [-0.05, 0) is 24.6 Å². The van der Waals surface area contributed by atoms with Gasteiger partial charge < -0.3 is 9.40 Å². The van der Waals surface area contributed by atoms with Crippen LogP contribution in [0.3, 0.4) is 0 Å². The van der Waals surface area contributed by atoms with E-state index in [2.05, 4.69) is 10.3 Å². The Hall–Kier alpha value is -2.56. The Bertz CT molecular complexity index is 843. The van der Waals surface area contributed by atoms with Crippen molar-refractivity contribution in [3.05, 3.63) is 36.2 Å². The first-order chi connectivity index (χ1) is 9.74. The molecule has 1 aromatic carbocycles. The Kier molecular flexibility index (Phi) is 2.24. The SMILES string of the molecule is O=C1CC[C@H](c2coc3ccc4[nH]ccc4c23)C(=O)N1. The van der Waals surface area contributed by atoms with Crippen LogP contribution < -0.4 is 5.32 Å². The number of hydrogen-bond acceptors (Lipinski definition) is 3. The van der Waals surface area contributed by atoms with Gasteiger partial charge in [-0.2, -0.15) is 0 Å². The summed E-state index contributed by atoms with van der Waals surface area (Å²) in [6.07, 6.45) is 4.40. The molecule has 5 nitrogen and oxygen atoms in total. The zero-order chi connectivity index (χ0) is 13.7. The summed E-state index contributed by atoms with van der Waals surface area (Å²) in [5, 5.41) is 4.39. The Labute approximate surface area is 113 Å². The molecule has 1 saturated heterocycles. The Morgan fingerprint density at radius 1 is 1.20 bits per heavy atom. The second kappa shape index (κ2) is 3.96. The molecular weight excluding hydrogens is 256 g/mol. The maximum atomic E-state index is 12.0. The van der Waals surface area contributed by atoms with Crippen molar-refractivity contribution in [2.75, 3.05) is 0 Å². The molecule has 1 fully saturated rings. The lowest BCUT2D eigenvalue weighted by Crippen LogP contribution is -2.39. The van der Waals surface area contributed by atoms with Crippen LogP contribution in [0, 0.1) is 0 Å². The predicted molar refractivity (Wildman–Crippen MR) is 73.2 cm³/mol. The summed E-state index contributed by atoms with van der Waals surface area (Å²) >= 11 is 0. The van der Waals surface area contributed by atoms with E-state index in [1.807, 2.05) is 24.4 Å². The van der Waals surface area contributed by atoms with Crippen molar-refractivity contribution in [2.45, 2.75) is 18.8 Å². The number of carbonyl (C=O) groups excluding carboxylic acids is 2. The van der Waals surface area contributed by atoms with E-state index in [1.54, 1.807) is 6.26 Å². The molecule has 5 heteroatoms. The van der Waals surface area contributed by atoms with E-state index in [4.69, 9.17) is 4.42 Å². The van der Waals surface area contributed by atoms with Crippen molar-refractivity contribution < 1.29 is 14.0 Å². The summed E-state index contributed by atoms with van der Waals surface area (Å²) in [6.45, 7) is 0. The highest BCUT2D eigenvalue weighted by atomic mass is 16.3. The number of aromatic nitrogens is 1. The van der Waals surface area contributed by atoms with E-state index in [1.165, 1.54) is 0 Å². The molecule has 0 aliphatic carbocycles. The topological polar surface area (TPSA) is 75.1 Å². The summed E-state index contributed by atoms with van der Waals surface area (Å²) in [4.78, 5) is 26.5. The van der Waals surface area contributed by atoms with Gasteiger partial charge in [-0.3, -0.25) is 14.9 Å². The second-order valence-electron chi connectivity index (χ2n) is 5.07. The number of imide groups is 1. The first kappa shape index (κ1) is 11.3. The summed E-state index contributed by atoms with van der Waals surface area (Å²) in [5.74, 6) is -0.767. The minimum absolute atomic E-state index is 0.203. The van der Waals surface area contributed by atoms with Crippen LogP contribution in [-0.4, -0.2) is 16.8 Å². The maximum Gasteiger partial charge on any atom is 0.234 e. The molecule has 3 aromatic rings. The van der Waals surface area contributed by atoms with Crippen LogP contribution >= 0.6 is 0 Å². The number of piperidine rings is 1. The molecule has 20 heavy (non-hydrogen) atoms. The van der Waals surface area contributed by atoms with E-state index in [-0.39, 0.29) is 17.7 Å². The number of hydrogen-bond donors (Lipinski definition) is 2. The number of benzene rings is 1. The number of aromatic amines is 1. The van der Waals surface area contributed by atoms with E-state index in [0.717, 1.165) is 27.4 Å². The molecule has 0 spiro atoms. The quantitative estimate of drug-likeness (QED) is 0.665. The van der Waals surface area contributed by atoms with E-state index >= 15 is 0 Å². The monoisotopic (exact) mass is 268 g/mol. The number of nitrogens with one attached hydrogen (secondary N) is 2. The van der Waals surface area contributed by atoms with Crippen LogP contribution in [0.1, 0.15) is 24.3 Å². The van der Waals surface area contributed by atoms with Crippen LogP contribution in [0.15, 0.2) is 35.1 Å². The first-order valence-electron chi connectivity index (χ1n) is 6.55. The third-order valence-electron chi connectivity index (χ3n) is 3.91. The molecular formula is C15H12N2O3. The van der Waals surface area contributed by atoms with Crippen molar-refractivity contribution in [1.82, 2.24) is 10.3 Å². The number of furan rings is 1. The summed E-state index contributed by atoms with van der Waals surface area (Å²) in [7, 11) is 0. The van der Waals surface area contributed by atoms with Crippen LogP contribution in [0.4, 0.5) is 0 Å². The molecule has 1 atom stereocenters. The normalized spacial score (nSPS) is 19.7. The van der Waals surface area contributed by atoms with Gasteiger partial charge in [-0.25, -0.2) is 0 Å². The molecule has 0 saturated carbocycles. The van der Waals surface area contributed by atoms with Crippen molar-refractivity contribution >= 4 is 33.7 Å². The standard InChI is InChI=1S/C15H12N2O3/c18-13-4-1-8(15(19)17-13)10-7-20-12-3-2-11-9(14(10)12)5-6-16-11/h2-3,5-8,16H,1,4H2,(H,17,18,19)/t8-/m1/s1. The molecule has 0 radical (unpaired) electrons. The van der Waals surface area contributed by atoms with Gasteiger partial charge in [0.2, 0.25) is 11.8 Å². The molecule has 3 heterocycles. The predicted octanol–water partition coefficient (Wildman–Crippen LogP) is 2.43. The van der Waals surface area contributed by atoms with E-state index in [0.29, 0.717) is 12.8 Å². The lowest BCUT2D eigenvalue weighted by Gasteiger charge is -2.20. The van der Waals surface area contributed by atoms with Gasteiger partial charge in [-0.1, -0.05) is 0 Å². The van der Waals surface area contributed by atoms with Crippen molar-refractivity contribution in [3.63, 3.8) is 0 Å². The number of H-pyrrole nitrogens is 1. The lowest BCUT2D eigenvalue weighted by atomic mass is 9.89. The summed E-state index contributed by atoms with van der Waals surface area (Å²) in [6, 6.07) is 5.82. The molecule has 0 unspecified atom stereocenters. The van der Waals surface area contributed by atoms with Gasteiger partial charge in [-0.15, -0.1) is 0 Å². The molecule has 2 amide bonds. The first-order valence-corrected chi connectivity index (χ1v) is 6.55. The minimum Gasteiger partial charge on any atom is -0.464 e. The fourth-order valence-electron chi connectivity index (χ4n) is 2.94. The number of rotatable bonds is 1. The second-order valence-corrected chi connectivity index (χ2v) is 5.07. The molecule has 100 valence electrons. The Morgan fingerprint density at radius 2 is 2.10 bits per heavy atom. The number of amides is 2. The average molecular weight is 268 g/mol. The highest BCUT2D eigenvalue weighted by Crippen LogP contribution is 2.36. The van der Waals surface area contributed by atoms with Gasteiger partial charge in [0.25, 0.3) is 0 Å². The molecule has 2 N–H and O–H groups in total. The fourth-order valence-corrected chi connectivity index (χ4v) is 2.94. The highest BCUT2D eigenvalue weighted by Gasteiger charge is 2.30. The zero-order valence-electron chi connectivity index (χ0n) is 10.6. The van der Waals surface area contributed by atoms with Gasteiger partial charge >= 0.3 is 0 Å². The van der Waals surface area contributed by atoms with Gasteiger partial charge in [0.1, 0.15) is 5.58 Å². The Morgan fingerprint density at radius 3 is 2.95 bits per heavy atom. The highest BCUT2D eigenvalue weighted by molar-refractivity contribution is 6.09. The zero-order valence-corrected chi connectivity index (χ0v) is 10.6. The number of fused-ring (bicyclic) bond motifs is 3. The fraction of sp³-hybridized carbons (Fsp3) is 0.200. The molecule has 2 aromatic heterocycles. The third-order valence-corrected chi connectivity index (χ3v) is 3.91. The molecule has 4 rings (SSSR count). The van der Waals surface area contributed by atoms with Crippen molar-refractivity contribution in [3.8, 4) is 0 Å². The molecule has 0 bridgehead atoms. The minimum atomic E-state index is -0.325. The summed E-state index contributed by atoms with van der Waals surface area (Å²) in [5.41, 5.74) is 2.62. The molecule has 1 aliphatic rings. The largest absolute Gasteiger partial charge is 0.464 e. The van der Waals surface area contributed by atoms with Crippen LogP contribution in [0.2, 0.25) is 0 Å². The van der Waals surface area contributed by atoms with Crippen molar-refractivity contribution in [1.29, 1.82) is 0 Å². The van der Waals surface area contributed by atoms with E-state index < -0.39 is 0 Å². The Balaban J connectivity index is 1.93. The third kappa shape index (κ3) is 1.49. The maximum absolute atomic E-state index is 12.0. The molecule has 1 aliphatic heterocycles. The van der Waals surface area contributed by atoms with Gasteiger partial charge in [0, 0.05) is 34.5 Å².